The van der Waals surface area contributed by atoms with Crippen molar-refractivity contribution in [3.05, 3.63) is 51.5 Å². The molecule has 0 bridgehead atoms. The molecule has 0 fully saturated rings. The van der Waals surface area contributed by atoms with Gasteiger partial charge in [0.05, 0.1) is 4.90 Å². The molecule has 0 aliphatic heterocycles. The molecule has 21 heavy (non-hydrogen) atoms. The van der Waals surface area contributed by atoms with Gasteiger partial charge in [0.15, 0.2) is 0 Å². The summed E-state index contributed by atoms with van der Waals surface area (Å²) < 4.78 is 40.3. The van der Waals surface area contributed by atoms with E-state index in [2.05, 4.69) is 0 Å². The number of nitrogens with zero attached hydrogens (tertiary/aromatic N) is 1. The fourth-order valence-electron chi connectivity index (χ4n) is 1.99. The maximum Gasteiger partial charge on any atom is 0.243 e. The van der Waals surface area contributed by atoms with E-state index >= 15 is 0 Å². The summed E-state index contributed by atoms with van der Waals surface area (Å²) in [5.41, 5.74) is 6.97. The van der Waals surface area contributed by atoms with Gasteiger partial charge in [0.2, 0.25) is 10.0 Å². The second kappa shape index (κ2) is 6.23. The quantitative estimate of drug-likeness (QED) is 0.917. The van der Waals surface area contributed by atoms with Crippen molar-refractivity contribution < 1.29 is 12.8 Å². The zero-order chi connectivity index (χ0) is 15.6. The highest BCUT2D eigenvalue weighted by Gasteiger charge is 2.25. The average molecular weight is 328 g/mol. The SMILES string of the molecule is Cc1c(F)cc(CN)cc1S(=O)(=O)N(C)Cc1ccsc1. The lowest BCUT2D eigenvalue weighted by Crippen LogP contribution is -2.27. The maximum atomic E-state index is 13.9. The minimum Gasteiger partial charge on any atom is -0.326 e. The first kappa shape index (κ1) is 16.1. The minimum absolute atomic E-state index is 0.0271. The van der Waals surface area contributed by atoms with E-state index in [-0.39, 0.29) is 23.5 Å². The zero-order valence-electron chi connectivity index (χ0n) is 11.8. The van der Waals surface area contributed by atoms with Crippen LogP contribution in [0.15, 0.2) is 33.9 Å². The van der Waals surface area contributed by atoms with E-state index < -0.39 is 15.8 Å². The van der Waals surface area contributed by atoms with E-state index in [1.54, 1.807) is 0 Å². The lowest BCUT2D eigenvalue weighted by molar-refractivity contribution is 0.465. The predicted octanol–water partition coefficient (Wildman–Crippen LogP) is 2.48. The molecule has 0 amide bonds. The molecule has 0 saturated carbocycles. The third kappa shape index (κ3) is 3.32. The van der Waals surface area contributed by atoms with Crippen LogP contribution in [0.3, 0.4) is 0 Å². The van der Waals surface area contributed by atoms with E-state index in [0.717, 1.165) is 5.56 Å². The Hall–Kier alpha value is -1.28. The van der Waals surface area contributed by atoms with Crippen LogP contribution in [0.25, 0.3) is 0 Å². The van der Waals surface area contributed by atoms with Gasteiger partial charge >= 0.3 is 0 Å². The topological polar surface area (TPSA) is 63.4 Å². The first-order chi connectivity index (χ1) is 9.86. The Kier molecular flexibility index (Phi) is 4.77. The molecule has 0 aliphatic carbocycles. The summed E-state index contributed by atoms with van der Waals surface area (Å²) in [6, 6.07) is 4.57. The van der Waals surface area contributed by atoms with Gasteiger partial charge in [-0.1, -0.05) is 0 Å². The molecule has 1 heterocycles. The van der Waals surface area contributed by atoms with Gasteiger partial charge in [-0.2, -0.15) is 15.6 Å². The number of sulfonamides is 1. The van der Waals surface area contributed by atoms with Gasteiger partial charge in [-0.25, -0.2) is 12.8 Å². The summed E-state index contributed by atoms with van der Waals surface area (Å²) in [7, 11) is -2.27. The molecule has 0 spiro atoms. The van der Waals surface area contributed by atoms with Crippen LogP contribution in [-0.4, -0.2) is 19.8 Å². The van der Waals surface area contributed by atoms with E-state index in [1.165, 1.54) is 41.7 Å². The second-order valence-corrected chi connectivity index (χ2v) is 7.59. The summed E-state index contributed by atoms with van der Waals surface area (Å²) in [6.07, 6.45) is 0. The molecule has 114 valence electrons. The minimum atomic E-state index is -3.76. The Bertz CT molecular complexity index is 728. The highest BCUT2D eigenvalue weighted by atomic mass is 32.2. The van der Waals surface area contributed by atoms with Gasteiger partial charge in [0, 0.05) is 25.7 Å². The standard InChI is InChI=1S/C14H17FN2O2S2/c1-10-13(15)5-12(7-16)6-14(10)21(18,19)17(2)8-11-3-4-20-9-11/h3-6,9H,7-8,16H2,1-2H3. The van der Waals surface area contributed by atoms with E-state index in [1.807, 2.05) is 16.8 Å². The van der Waals surface area contributed by atoms with Crippen molar-refractivity contribution in [1.29, 1.82) is 0 Å². The number of nitrogens with two attached hydrogens (primary N) is 1. The van der Waals surface area contributed by atoms with Crippen molar-refractivity contribution >= 4 is 21.4 Å². The Morgan fingerprint density at radius 3 is 2.62 bits per heavy atom. The Balaban J connectivity index is 2.41. The zero-order valence-corrected chi connectivity index (χ0v) is 13.5. The summed E-state index contributed by atoms with van der Waals surface area (Å²) in [5.74, 6) is -0.555. The second-order valence-electron chi connectivity index (χ2n) is 4.80. The van der Waals surface area contributed by atoms with Gasteiger partial charge in [0.1, 0.15) is 5.82 Å². The van der Waals surface area contributed by atoms with Crippen molar-refractivity contribution in [3.63, 3.8) is 0 Å². The van der Waals surface area contributed by atoms with Crippen molar-refractivity contribution in [2.45, 2.75) is 24.9 Å². The number of hydrogen-bond donors (Lipinski definition) is 1. The fraction of sp³-hybridized carbons (Fsp3) is 0.286. The van der Waals surface area contributed by atoms with E-state index in [0.29, 0.717) is 5.56 Å². The van der Waals surface area contributed by atoms with Gasteiger partial charge in [-0.3, -0.25) is 0 Å². The number of rotatable bonds is 5. The summed E-state index contributed by atoms with van der Waals surface area (Å²) in [4.78, 5) is -0.0271. The Morgan fingerprint density at radius 2 is 2.05 bits per heavy atom. The van der Waals surface area contributed by atoms with Crippen LogP contribution in [0, 0.1) is 12.7 Å². The first-order valence-corrected chi connectivity index (χ1v) is 8.71. The lowest BCUT2D eigenvalue weighted by atomic mass is 10.1. The van der Waals surface area contributed by atoms with Crippen LogP contribution in [0.5, 0.6) is 0 Å². The van der Waals surface area contributed by atoms with Crippen molar-refractivity contribution in [2.24, 2.45) is 5.73 Å². The van der Waals surface area contributed by atoms with Crippen LogP contribution < -0.4 is 5.73 Å². The normalized spacial score (nSPS) is 12.0. The highest BCUT2D eigenvalue weighted by Crippen LogP contribution is 2.24. The fourth-order valence-corrected chi connectivity index (χ4v) is 4.08. The molecule has 0 radical (unpaired) electrons. The van der Waals surface area contributed by atoms with Gasteiger partial charge in [-0.15, -0.1) is 0 Å². The highest BCUT2D eigenvalue weighted by molar-refractivity contribution is 7.89. The molecular formula is C14H17FN2O2S2. The summed E-state index contributed by atoms with van der Waals surface area (Å²) in [6.45, 7) is 1.80. The Labute approximate surface area is 128 Å². The van der Waals surface area contributed by atoms with Crippen LogP contribution in [0.2, 0.25) is 0 Å². The predicted molar refractivity (Wildman–Crippen MR) is 82.0 cm³/mol. The van der Waals surface area contributed by atoms with Crippen molar-refractivity contribution in [3.8, 4) is 0 Å². The summed E-state index contributed by atoms with van der Waals surface area (Å²) >= 11 is 1.50. The smallest absolute Gasteiger partial charge is 0.243 e. The monoisotopic (exact) mass is 328 g/mol. The third-order valence-corrected chi connectivity index (χ3v) is 5.93. The molecular weight excluding hydrogens is 311 g/mol. The third-order valence-electron chi connectivity index (χ3n) is 3.27. The average Bonchev–Trinajstić information content (AvgIpc) is 2.94. The van der Waals surface area contributed by atoms with Gasteiger partial charge in [-0.05, 0) is 47.0 Å². The van der Waals surface area contributed by atoms with Gasteiger partial charge in [0.25, 0.3) is 0 Å². The molecule has 0 atom stereocenters. The van der Waals surface area contributed by atoms with Crippen molar-refractivity contribution in [1.82, 2.24) is 4.31 Å². The molecule has 0 aliphatic rings. The molecule has 1 aromatic heterocycles. The molecule has 0 saturated heterocycles. The van der Waals surface area contributed by atoms with Crippen LogP contribution in [0.1, 0.15) is 16.7 Å². The maximum absolute atomic E-state index is 13.9. The number of thiophene rings is 1. The number of benzene rings is 1. The van der Waals surface area contributed by atoms with E-state index in [9.17, 15) is 12.8 Å². The number of hydrogen-bond acceptors (Lipinski definition) is 4. The van der Waals surface area contributed by atoms with Crippen LogP contribution in [-0.2, 0) is 23.1 Å². The molecule has 2 aromatic rings. The van der Waals surface area contributed by atoms with Gasteiger partial charge < -0.3 is 5.73 Å². The molecule has 2 N–H and O–H groups in total. The lowest BCUT2D eigenvalue weighted by Gasteiger charge is -2.19. The van der Waals surface area contributed by atoms with Crippen LogP contribution in [0.4, 0.5) is 4.39 Å². The molecule has 7 heteroatoms. The first-order valence-electron chi connectivity index (χ1n) is 6.32. The van der Waals surface area contributed by atoms with Crippen molar-refractivity contribution in [2.75, 3.05) is 7.05 Å². The van der Waals surface area contributed by atoms with Crippen LogP contribution >= 0.6 is 11.3 Å². The molecule has 2 rings (SSSR count). The molecule has 1 aromatic carbocycles. The number of halogens is 1. The molecule has 0 unspecified atom stereocenters. The molecule has 4 nitrogen and oxygen atoms in total. The summed E-state index contributed by atoms with van der Waals surface area (Å²) in [5, 5.41) is 3.77. The van der Waals surface area contributed by atoms with E-state index in [4.69, 9.17) is 5.73 Å². The largest absolute Gasteiger partial charge is 0.326 e. The Morgan fingerprint density at radius 1 is 1.33 bits per heavy atom.